The van der Waals surface area contributed by atoms with Crippen LogP contribution in [0.1, 0.15) is 23.2 Å². The fourth-order valence-electron chi connectivity index (χ4n) is 1.40. The lowest BCUT2D eigenvalue weighted by Crippen LogP contribution is -1.89. The van der Waals surface area contributed by atoms with Gasteiger partial charge >= 0.3 is 0 Å². The van der Waals surface area contributed by atoms with E-state index in [1.165, 1.54) is 20.7 Å². The highest BCUT2D eigenvalue weighted by Crippen LogP contribution is 2.21. The summed E-state index contributed by atoms with van der Waals surface area (Å²) in [6.45, 7) is 2.14. The van der Waals surface area contributed by atoms with Crippen LogP contribution >= 0.6 is 27.3 Å². The number of aromatic nitrogens is 1. The van der Waals surface area contributed by atoms with E-state index in [1.54, 1.807) is 11.3 Å². The van der Waals surface area contributed by atoms with E-state index < -0.39 is 0 Å². The Bertz CT molecular complexity index is 450. The molecular formula is C12H12BrNS. The molecule has 1 heterocycles. The van der Waals surface area contributed by atoms with Gasteiger partial charge in [-0.05, 0) is 18.1 Å². The fourth-order valence-corrected chi connectivity index (χ4v) is 2.72. The van der Waals surface area contributed by atoms with Gasteiger partial charge in [0, 0.05) is 16.3 Å². The van der Waals surface area contributed by atoms with Crippen molar-refractivity contribution in [2.45, 2.75) is 19.8 Å². The molecule has 0 amide bonds. The first-order chi connectivity index (χ1) is 7.29. The minimum absolute atomic E-state index is 0.923. The standard InChI is InChI=1S/C12H12BrNS/c1-2-10-8-15-12(14-10)7-9-5-3-4-6-11(9)13/h3-6,8H,2,7H2,1H3. The van der Waals surface area contributed by atoms with E-state index in [-0.39, 0.29) is 0 Å². The molecule has 0 fully saturated rings. The second-order valence-corrected chi connectivity index (χ2v) is 5.15. The van der Waals surface area contributed by atoms with E-state index in [0.29, 0.717) is 0 Å². The quantitative estimate of drug-likeness (QED) is 0.827. The SMILES string of the molecule is CCc1csc(Cc2ccccc2Br)n1. The molecule has 0 atom stereocenters. The Morgan fingerprint density at radius 1 is 1.33 bits per heavy atom. The Labute approximate surface area is 102 Å². The third kappa shape index (κ3) is 2.67. The van der Waals surface area contributed by atoms with Crippen molar-refractivity contribution in [1.29, 1.82) is 0 Å². The van der Waals surface area contributed by atoms with Gasteiger partial charge in [-0.3, -0.25) is 0 Å². The first kappa shape index (κ1) is 10.8. The normalized spacial score (nSPS) is 10.5. The van der Waals surface area contributed by atoms with Crippen LogP contribution in [0, 0.1) is 0 Å². The van der Waals surface area contributed by atoms with Gasteiger partial charge in [0.15, 0.2) is 0 Å². The lowest BCUT2D eigenvalue weighted by molar-refractivity contribution is 1.02. The number of halogens is 1. The van der Waals surface area contributed by atoms with Gasteiger partial charge < -0.3 is 0 Å². The lowest BCUT2D eigenvalue weighted by atomic mass is 10.2. The van der Waals surface area contributed by atoms with Gasteiger partial charge in [-0.2, -0.15) is 0 Å². The van der Waals surface area contributed by atoms with Crippen molar-refractivity contribution in [3.05, 3.63) is 50.4 Å². The zero-order chi connectivity index (χ0) is 10.7. The summed E-state index contributed by atoms with van der Waals surface area (Å²) < 4.78 is 1.17. The monoisotopic (exact) mass is 281 g/mol. The van der Waals surface area contributed by atoms with Gasteiger partial charge in [0.2, 0.25) is 0 Å². The molecule has 0 N–H and O–H groups in total. The van der Waals surface area contributed by atoms with Crippen LogP contribution in [0.15, 0.2) is 34.1 Å². The lowest BCUT2D eigenvalue weighted by Gasteiger charge is -2.00. The van der Waals surface area contributed by atoms with Crippen molar-refractivity contribution < 1.29 is 0 Å². The number of nitrogens with zero attached hydrogens (tertiary/aromatic N) is 1. The van der Waals surface area contributed by atoms with Gasteiger partial charge in [0.1, 0.15) is 0 Å². The third-order valence-electron chi connectivity index (χ3n) is 2.26. The second kappa shape index (κ2) is 4.90. The first-order valence-electron chi connectivity index (χ1n) is 4.96. The predicted octanol–water partition coefficient (Wildman–Crippen LogP) is 4.06. The number of benzene rings is 1. The summed E-state index contributed by atoms with van der Waals surface area (Å²) in [6.07, 6.45) is 1.94. The van der Waals surface area contributed by atoms with Crippen LogP contribution < -0.4 is 0 Å². The largest absolute Gasteiger partial charge is 0.246 e. The summed E-state index contributed by atoms with van der Waals surface area (Å²) in [5.41, 5.74) is 2.50. The minimum Gasteiger partial charge on any atom is -0.246 e. The topological polar surface area (TPSA) is 12.9 Å². The molecule has 2 rings (SSSR count). The maximum Gasteiger partial charge on any atom is 0.0972 e. The second-order valence-electron chi connectivity index (χ2n) is 3.35. The van der Waals surface area contributed by atoms with Gasteiger partial charge in [-0.15, -0.1) is 11.3 Å². The molecule has 1 aromatic carbocycles. The van der Waals surface area contributed by atoms with Gasteiger partial charge in [-0.25, -0.2) is 4.98 Å². The molecule has 2 aromatic rings. The molecule has 0 spiro atoms. The van der Waals surface area contributed by atoms with Gasteiger partial charge in [0.05, 0.1) is 10.7 Å². The first-order valence-corrected chi connectivity index (χ1v) is 6.63. The van der Waals surface area contributed by atoms with E-state index >= 15 is 0 Å². The molecule has 0 aliphatic rings. The van der Waals surface area contributed by atoms with Crippen molar-refractivity contribution in [3.8, 4) is 0 Å². The van der Waals surface area contributed by atoms with E-state index in [9.17, 15) is 0 Å². The molecule has 1 nitrogen and oxygen atoms in total. The van der Waals surface area contributed by atoms with Crippen molar-refractivity contribution in [3.63, 3.8) is 0 Å². The van der Waals surface area contributed by atoms with Gasteiger partial charge in [0.25, 0.3) is 0 Å². The molecule has 0 unspecified atom stereocenters. The Morgan fingerprint density at radius 3 is 2.80 bits per heavy atom. The number of hydrogen-bond acceptors (Lipinski definition) is 2. The summed E-state index contributed by atoms with van der Waals surface area (Å²) >= 11 is 5.30. The average Bonchev–Trinajstić information content (AvgIpc) is 2.69. The molecule has 3 heteroatoms. The molecule has 0 saturated heterocycles. The molecule has 0 saturated carbocycles. The highest BCUT2D eigenvalue weighted by Gasteiger charge is 2.04. The zero-order valence-corrected chi connectivity index (χ0v) is 10.9. The maximum absolute atomic E-state index is 4.56. The molecule has 1 aromatic heterocycles. The Balaban J connectivity index is 2.18. The molecular weight excluding hydrogens is 270 g/mol. The highest BCUT2D eigenvalue weighted by atomic mass is 79.9. The van der Waals surface area contributed by atoms with Crippen LogP contribution in [-0.2, 0) is 12.8 Å². The fraction of sp³-hybridized carbons (Fsp3) is 0.250. The summed E-state index contributed by atoms with van der Waals surface area (Å²) in [5.74, 6) is 0. The molecule has 15 heavy (non-hydrogen) atoms. The number of rotatable bonds is 3. The summed E-state index contributed by atoms with van der Waals surface area (Å²) in [5, 5.41) is 3.34. The number of thiazole rings is 1. The zero-order valence-electron chi connectivity index (χ0n) is 8.53. The van der Waals surface area contributed by atoms with Crippen molar-refractivity contribution in [2.75, 3.05) is 0 Å². The van der Waals surface area contributed by atoms with E-state index in [0.717, 1.165) is 12.8 Å². The van der Waals surface area contributed by atoms with Crippen molar-refractivity contribution in [1.82, 2.24) is 4.98 Å². The Morgan fingerprint density at radius 2 is 2.13 bits per heavy atom. The third-order valence-corrected chi connectivity index (χ3v) is 3.93. The molecule has 78 valence electrons. The van der Waals surface area contributed by atoms with Crippen LogP contribution in [0.25, 0.3) is 0 Å². The summed E-state index contributed by atoms with van der Waals surface area (Å²) in [4.78, 5) is 4.56. The highest BCUT2D eigenvalue weighted by molar-refractivity contribution is 9.10. The Kier molecular flexibility index (Phi) is 3.54. The summed E-state index contributed by atoms with van der Waals surface area (Å²) in [6, 6.07) is 8.31. The van der Waals surface area contributed by atoms with Crippen LogP contribution in [0.2, 0.25) is 0 Å². The van der Waals surface area contributed by atoms with E-state index in [4.69, 9.17) is 0 Å². The number of hydrogen-bond donors (Lipinski definition) is 0. The predicted molar refractivity (Wildman–Crippen MR) is 68.4 cm³/mol. The van der Waals surface area contributed by atoms with Crippen LogP contribution in [0.5, 0.6) is 0 Å². The Hall–Kier alpha value is -0.670. The van der Waals surface area contributed by atoms with Gasteiger partial charge in [-0.1, -0.05) is 41.1 Å². The summed E-state index contributed by atoms with van der Waals surface area (Å²) in [7, 11) is 0. The smallest absolute Gasteiger partial charge is 0.0972 e. The average molecular weight is 282 g/mol. The van der Waals surface area contributed by atoms with Crippen LogP contribution in [0.4, 0.5) is 0 Å². The minimum atomic E-state index is 0.923. The van der Waals surface area contributed by atoms with Crippen molar-refractivity contribution in [2.24, 2.45) is 0 Å². The molecule has 0 bridgehead atoms. The maximum atomic E-state index is 4.56. The molecule has 0 aliphatic carbocycles. The molecule has 0 radical (unpaired) electrons. The van der Waals surface area contributed by atoms with Crippen LogP contribution in [-0.4, -0.2) is 4.98 Å². The van der Waals surface area contributed by atoms with E-state index in [1.807, 2.05) is 6.07 Å². The molecule has 0 aliphatic heterocycles. The van der Waals surface area contributed by atoms with E-state index in [2.05, 4.69) is 51.4 Å². The number of aryl methyl sites for hydroxylation is 1. The van der Waals surface area contributed by atoms with Crippen molar-refractivity contribution >= 4 is 27.3 Å². The van der Waals surface area contributed by atoms with Crippen LogP contribution in [0.3, 0.4) is 0 Å².